The largest absolute Gasteiger partial charge is 0.466 e. The van der Waals surface area contributed by atoms with Gasteiger partial charge in [-0.25, -0.2) is 0 Å². The van der Waals surface area contributed by atoms with Gasteiger partial charge in [-0.15, -0.1) is 0 Å². The first-order valence-corrected chi connectivity index (χ1v) is 9.18. The lowest BCUT2D eigenvalue weighted by Gasteiger charge is -2.41. The van der Waals surface area contributed by atoms with Crippen LogP contribution in [-0.2, 0) is 23.9 Å². The van der Waals surface area contributed by atoms with Crippen molar-refractivity contribution < 1.29 is 23.9 Å². The van der Waals surface area contributed by atoms with Gasteiger partial charge in [-0.05, 0) is 38.0 Å². The van der Waals surface area contributed by atoms with Crippen molar-refractivity contribution in [1.82, 2.24) is 4.90 Å². The van der Waals surface area contributed by atoms with E-state index in [9.17, 15) is 19.2 Å². The molecule has 3 aliphatic rings. The van der Waals surface area contributed by atoms with Gasteiger partial charge < -0.3 is 9.64 Å². The van der Waals surface area contributed by atoms with Crippen LogP contribution >= 0.6 is 0 Å². The normalized spacial score (nSPS) is 34.5. The fourth-order valence-corrected chi connectivity index (χ4v) is 5.09. The summed E-state index contributed by atoms with van der Waals surface area (Å²) in [5, 5.41) is 0. The fourth-order valence-electron chi connectivity index (χ4n) is 5.09. The minimum Gasteiger partial charge on any atom is -0.466 e. The summed E-state index contributed by atoms with van der Waals surface area (Å²) in [5.74, 6) is -1.53. The lowest BCUT2D eigenvalue weighted by atomic mass is 9.64. The van der Waals surface area contributed by atoms with Crippen LogP contribution in [0.15, 0.2) is 0 Å². The van der Waals surface area contributed by atoms with Crippen LogP contribution in [0, 0.1) is 22.2 Å². The molecule has 2 saturated carbocycles. The van der Waals surface area contributed by atoms with Gasteiger partial charge in [-0.2, -0.15) is 0 Å². The Balaban J connectivity index is 1.80. The Bertz CT molecular complexity index is 646. The number of fused-ring (bicyclic) bond motifs is 2. The van der Waals surface area contributed by atoms with E-state index in [4.69, 9.17) is 4.74 Å². The van der Waals surface area contributed by atoms with E-state index in [1.54, 1.807) is 11.8 Å². The van der Waals surface area contributed by atoms with E-state index in [1.807, 2.05) is 20.8 Å². The summed E-state index contributed by atoms with van der Waals surface area (Å²) in [6, 6.07) is 0. The highest BCUT2D eigenvalue weighted by Gasteiger charge is 2.78. The first-order chi connectivity index (χ1) is 11.6. The van der Waals surface area contributed by atoms with Crippen LogP contribution in [0.4, 0.5) is 0 Å². The van der Waals surface area contributed by atoms with Crippen LogP contribution in [0.25, 0.3) is 0 Å². The van der Waals surface area contributed by atoms with Crippen molar-refractivity contribution in [2.45, 2.75) is 53.4 Å². The van der Waals surface area contributed by atoms with E-state index < -0.39 is 27.8 Å². The number of Topliss-reactive ketones (excluding diaryl/α,β-unsaturated/α-hetero) is 2. The summed E-state index contributed by atoms with van der Waals surface area (Å²) in [7, 11) is 0. The van der Waals surface area contributed by atoms with Crippen molar-refractivity contribution >= 4 is 23.4 Å². The molecule has 1 amide bonds. The van der Waals surface area contributed by atoms with Gasteiger partial charge in [0.15, 0.2) is 0 Å². The molecule has 1 saturated heterocycles. The lowest BCUT2D eigenvalue weighted by molar-refractivity contribution is -0.159. The molecule has 1 heterocycles. The van der Waals surface area contributed by atoms with Crippen LogP contribution in [0.5, 0.6) is 0 Å². The highest BCUT2D eigenvalue weighted by molar-refractivity contribution is 6.48. The molecule has 2 aliphatic carbocycles. The number of rotatable bonds is 3. The maximum absolute atomic E-state index is 13.3. The zero-order valence-corrected chi connectivity index (χ0v) is 15.5. The topological polar surface area (TPSA) is 80.8 Å². The molecule has 138 valence electrons. The van der Waals surface area contributed by atoms with Crippen molar-refractivity contribution in [3.8, 4) is 0 Å². The zero-order valence-electron chi connectivity index (χ0n) is 15.5. The fraction of sp³-hybridized carbons (Fsp3) is 0.789. The average molecular weight is 349 g/mol. The van der Waals surface area contributed by atoms with Gasteiger partial charge in [0, 0.05) is 18.5 Å². The number of ether oxygens (including phenoxy) is 1. The third-order valence-electron chi connectivity index (χ3n) is 7.31. The number of carbonyl (C=O) groups excluding carboxylic acids is 4. The summed E-state index contributed by atoms with van der Waals surface area (Å²) < 4.78 is 5.06. The standard InChI is InChI=1S/C19H27NO5/c1-5-25-15(23)12-6-10-20(11-7-12)16(24)19-9-8-18(4,17(19,2)3)13(21)14(19)22/h12H,5-11H2,1-4H3. The van der Waals surface area contributed by atoms with E-state index in [-0.39, 0.29) is 17.8 Å². The molecule has 3 rings (SSSR count). The van der Waals surface area contributed by atoms with Gasteiger partial charge in [0.1, 0.15) is 5.41 Å². The van der Waals surface area contributed by atoms with Gasteiger partial charge in [0.2, 0.25) is 17.5 Å². The molecule has 25 heavy (non-hydrogen) atoms. The molecule has 2 bridgehead atoms. The van der Waals surface area contributed by atoms with Crippen molar-refractivity contribution in [3.63, 3.8) is 0 Å². The third-order valence-corrected chi connectivity index (χ3v) is 7.31. The average Bonchev–Trinajstić information content (AvgIpc) is 2.86. The van der Waals surface area contributed by atoms with Crippen LogP contribution in [0.3, 0.4) is 0 Å². The first-order valence-electron chi connectivity index (χ1n) is 9.18. The Morgan fingerprint density at radius 1 is 1.08 bits per heavy atom. The van der Waals surface area contributed by atoms with Crippen molar-refractivity contribution in [2.24, 2.45) is 22.2 Å². The molecule has 6 heteroatoms. The number of esters is 1. The second-order valence-electron chi connectivity index (χ2n) is 8.34. The van der Waals surface area contributed by atoms with Crippen LogP contribution in [0.2, 0.25) is 0 Å². The number of piperidine rings is 1. The molecule has 0 aromatic heterocycles. The third kappa shape index (κ3) is 2.09. The van der Waals surface area contributed by atoms with E-state index >= 15 is 0 Å². The van der Waals surface area contributed by atoms with Crippen LogP contribution in [0.1, 0.15) is 53.4 Å². The monoisotopic (exact) mass is 349 g/mol. The lowest BCUT2D eigenvalue weighted by Crippen LogP contribution is -2.54. The van der Waals surface area contributed by atoms with E-state index in [2.05, 4.69) is 0 Å². The number of nitrogens with zero attached hydrogens (tertiary/aromatic N) is 1. The Kier molecular flexibility index (Phi) is 4.08. The number of hydrogen-bond donors (Lipinski definition) is 0. The number of carbonyl (C=O) groups is 4. The molecule has 0 N–H and O–H groups in total. The minimum atomic E-state index is -1.23. The van der Waals surface area contributed by atoms with Gasteiger partial charge in [0.25, 0.3) is 0 Å². The van der Waals surface area contributed by atoms with Crippen LogP contribution < -0.4 is 0 Å². The Morgan fingerprint density at radius 2 is 1.68 bits per heavy atom. The quantitative estimate of drug-likeness (QED) is 0.440. The maximum atomic E-state index is 13.3. The van der Waals surface area contributed by atoms with Crippen molar-refractivity contribution in [3.05, 3.63) is 0 Å². The Morgan fingerprint density at radius 3 is 2.16 bits per heavy atom. The number of hydrogen-bond acceptors (Lipinski definition) is 5. The molecule has 0 radical (unpaired) electrons. The summed E-state index contributed by atoms with van der Waals surface area (Å²) in [4.78, 5) is 52.2. The smallest absolute Gasteiger partial charge is 0.309 e. The molecular formula is C19H27NO5. The van der Waals surface area contributed by atoms with E-state index in [1.165, 1.54) is 0 Å². The maximum Gasteiger partial charge on any atom is 0.309 e. The SMILES string of the molecule is CCOC(=O)C1CCN(C(=O)C23CCC(C)(C(=O)C2=O)C3(C)C)CC1. The van der Waals surface area contributed by atoms with E-state index in [0.29, 0.717) is 45.4 Å². The summed E-state index contributed by atoms with van der Waals surface area (Å²) in [6.45, 7) is 8.57. The van der Waals surface area contributed by atoms with Gasteiger partial charge in [-0.1, -0.05) is 20.8 Å². The van der Waals surface area contributed by atoms with Gasteiger partial charge in [0.05, 0.1) is 12.5 Å². The second-order valence-corrected chi connectivity index (χ2v) is 8.34. The van der Waals surface area contributed by atoms with Crippen molar-refractivity contribution in [1.29, 1.82) is 0 Å². The van der Waals surface area contributed by atoms with Crippen molar-refractivity contribution in [2.75, 3.05) is 19.7 Å². The Labute approximate surface area is 148 Å². The Hall–Kier alpha value is -1.72. The molecule has 0 aromatic carbocycles. The van der Waals surface area contributed by atoms with Gasteiger partial charge in [-0.3, -0.25) is 19.2 Å². The molecule has 0 aromatic rings. The highest BCUT2D eigenvalue weighted by Crippen LogP contribution is 2.69. The minimum absolute atomic E-state index is 0.190. The highest BCUT2D eigenvalue weighted by atomic mass is 16.5. The predicted octanol–water partition coefficient (Wildman–Crippen LogP) is 1.75. The molecule has 6 nitrogen and oxygen atoms in total. The van der Waals surface area contributed by atoms with Crippen LogP contribution in [-0.4, -0.2) is 48.0 Å². The molecule has 2 atom stereocenters. The summed E-state index contributed by atoms with van der Waals surface area (Å²) in [6.07, 6.45) is 2.11. The van der Waals surface area contributed by atoms with E-state index in [0.717, 1.165) is 0 Å². The number of ketones is 2. The summed E-state index contributed by atoms with van der Waals surface area (Å²) >= 11 is 0. The first kappa shape index (κ1) is 18.1. The second kappa shape index (κ2) is 5.64. The number of likely N-dealkylation sites (tertiary alicyclic amines) is 1. The molecular weight excluding hydrogens is 322 g/mol. The molecule has 3 fully saturated rings. The number of amides is 1. The zero-order chi connectivity index (χ0) is 18.6. The summed E-state index contributed by atoms with van der Waals surface area (Å²) in [5.41, 5.74) is -2.65. The predicted molar refractivity (Wildman–Crippen MR) is 89.5 cm³/mol. The van der Waals surface area contributed by atoms with Gasteiger partial charge >= 0.3 is 5.97 Å². The molecule has 2 unspecified atom stereocenters. The molecule has 0 spiro atoms. The molecule has 1 aliphatic heterocycles.